The van der Waals surface area contributed by atoms with Crippen molar-refractivity contribution in [3.05, 3.63) is 46.1 Å². The Hall–Kier alpha value is -2.01. The first-order valence-corrected chi connectivity index (χ1v) is 6.26. The summed E-state index contributed by atoms with van der Waals surface area (Å²) in [7, 11) is 0. The van der Waals surface area contributed by atoms with Gasteiger partial charge in [-0.3, -0.25) is 15.1 Å². The molecule has 0 spiro atoms. The van der Waals surface area contributed by atoms with Crippen LogP contribution in [-0.2, 0) is 0 Å². The molecule has 1 heterocycles. The molecule has 0 bridgehead atoms. The number of aliphatic hydroxyl groups is 1. The lowest BCUT2D eigenvalue weighted by molar-refractivity contribution is -0.383. The smallest absolute Gasteiger partial charge is 0.278 e. The molecule has 1 aromatic carbocycles. The van der Waals surface area contributed by atoms with Gasteiger partial charge in [0.1, 0.15) is 0 Å². The number of benzene rings is 1. The zero-order chi connectivity index (χ0) is 14.0. The Morgan fingerprint density at radius 3 is 2.74 bits per heavy atom. The summed E-state index contributed by atoms with van der Waals surface area (Å²) in [5.74, 6) is -0.0711. The fourth-order valence-electron chi connectivity index (χ4n) is 2.46. The fraction of sp³-hybridized carbons (Fsp3) is 0.357. The van der Waals surface area contributed by atoms with Crippen molar-refractivity contribution in [3.63, 3.8) is 0 Å². The molecule has 0 fully saturated rings. The number of fused-ring (bicyclic) bond motifs is 1. The minimum Gasteiger partial charge on any atom is -0.393 e. The van der Waals surface area contributed by atoms with Crippen LogP contribution in [0.5, 0.6) is 0 Å². The van der Waals surface area contributed by atoms with Gasteiger partial charge in [0.15, 0.2) is 0 Å². The fourth-order valence-corrected chi connectivity index (χ4v) is 2.46. The Balaban J connectivity index is 2.71. The van der Waals surface area contributed by atoms with Crippen LogP contribution in [0.15, 0.2) is 30.5 Å². The van der Waals surface area contributed by atoms with E-state index < -0.39 is 11.0 Å². The van der Waals surface area contributed by atoms with Gasteiger partial charge in [0.05, 0.1) is 21.9 Å². The lowest BCUT2D eigenvalue weighted by Crippen LogP contribution is -2.14. The van der Waals surface area contributed by atoms with Gasteiger partial charge in [-0.25, -0.2) is 0 Å². The summed E-state index contributed by atoms with van der Waals surface area (Å²) in [6.45, 7) is 3.71. The third kappa shape index (κ3) is 2.42. The van der Waals surface area contributed by atoms with Gasteiger partial charge in [0.25, 0.3) is 5.69 Å². The molecule has 0 aliphatic rings. The lowest BCUT2D eigenvalue weighted by Gasteiger charge is -2.19. The van der Waals surface area contributed by atoms with E-state index in [1.165, 1.54) is 6.07 Å². The van der Waals surface area contributed by atoms with Gasteiger partial charge < -0.3 is 5.11 Å². The lowest BCUT2D eigenvalue weighted by atomic mass is 9.89. The molecule has 0 saturated carbocycles. The summed E-state index contributed by atoms with van der Waals surface area (Å²) >= 11 is 0. The average molecular weight is 260 g/mol. The quantitative estimate of drug-likeness (QED) is 0.677. The van der Waals surface area contributed by atoms with E-state index in [1.807, 2.05) is 6.92 Å². The zero-order valence-electron chi connectivity index (χ0n) is 10.9. The molecular formula is C14H16N2O3. The third-order valence-corrected chi connectivity index (χ3v) is 3.40. The number of nitrogens with zero attached hydrogens (tertiary/aromatic N) is 2. The Bertz CT molecular complexity index is 611. The SMILES string of the molecule is CCC(c1ccc([N+](=O)[O-])c2cccnc12)C(C)O. The summed E-state index contributed by atoms with van der Waals surface area (Å²) in [5, 5.41) is 21.4. The van der Waals surface area contributed by atoms with Crippen LogP contribution < -0.4 is 0 Å². The highest BCUT2D eigenvalue weighted by Crippen LogP contribution is 2.33. The van der Waals surface area contributed by atoms with E-state index in [-0.39, 0.29) is 11.6 Å². The monoisotopic (exact) mass is 260 g/mol. The summed E-state index contributed by atoms with van der Waals surface area (Å²) in [6, 6.07) is 6.57. The van der Waals surface area contributed by atoms with Crippen molar-refractivity contribution in [1.82, 2.24) is 4.98 Å². The second-order valence-corrected chi connectivity index (χ2v) is 4.59. The standard InChI is InChI=1S/C14H16N2O3/c1-3-10(9(2)17)11-6-7-13(16(18)19)12-5-4-8-15-14(11)12/h4-10,17H,3H2,1-2H3. The molecule has 0 radical (unpaired) electrons. The number of aliphatic hydroxyl groups excluding tert-OH is 1. The van der Waals surface area contributed by atoms with Crippen molar-refractivity contribution in [2.24, 2.45) is 0 Å². The predicted molar refractivity (Wildman–Crippen MR) is 73.1 cm³/mol. The van der Waals surface area contributed by atoms with Crippen molar-refractivity contribution in [3.8, 4) is 0 Å². The maximum atomic E-state index is 11.0. The van der Waals surface area contributed by atoms with E-state index in [4.69, 9.17) is 0 Å². The average Bonchev–Trinajstić information content (AvgIpc) is 2.39. The van der Waals surface area contributed by atoms with Gasteiger partial charge >= 0.3 is 0 Å². The molecule has 19 heavy (non-hydrogen) atoms. The van der Waals surface area contributed by atoms with Gasteiger partial charge in [-0.05, 0) is 37.1 Å². The highest BCUT2D eigenvalue weighted by Gasteiger charge is 2.22. The predicted octanol–water partition coefficient (Wildman–Crippen LogP) is 3.02. The van der Waals surface area contributed by atoms with Crippen LogP contribution in [0.4, 0.5) is 5.69 Å². The number of aromatic nitrogens is 1. The molecule has 2 rings (SSSR count). The molecule has 2 atom stereocenters. The normalized spacial score (nSPS) is 14.3. The van der Waals surface area contributed by atoms with Crippen molar-refractivity contribution in [2.45, 2.75) is 32.3 Å². The molecule has 0 aliphatic heterocycles. The van der Waals surface area contributed by atoms with Crippen LogP contribution >= 0.6 is 0 Å². The third-order valence-electron chi connectivity index (χ3n) is 3.40. The molecule has 5 heteroatoms. The Morgan fingerprint density at radius 1 is 1.42 bits per heavy atom. The minimum atomic E-state index is -0.517. The number of pyridine rings is 1. The Labute approximate surface area is 111 Å². The van der Waals surface area contributed by atoms with Crippen molar-refractivity contribution in [2.75, 3.05) is 0 Å². The Kier molecular flexibility index (Phi) is 3.76. The maximum Gasteiger partial charge on any atom is 0.278 e. The van der Waals surface area contributed by atoms with Crippen LogP contribution in [0, 0.1) is 10.1 Å². The van der Waals surface area contributed by atoms with Crippen LogP contribution in [0.1, 0.15) is 31.7 Å². The molecule has 0 saturated heterocycles. The molecule has 2 aromatic rings. The number of rotatable bonds is 4. The van der Waals surface area contributed by atoms with Crippen LogP contribution in [0.3, 0.4) is 0 Å². The van der Waals surface area contributed by atoms with Crippen molar-refractivity contribution >= 4 is 16.6 Å². The first-order valence-electron chi connectivity index (χ1n) is 6.26. The zero-order valence-corrected chi connectivity index (χ0v) is 10.9. The first kappa shape index (κ1) is 13.4. The van der Waals surface area contributed by atoms with Gasteiger partial charge in [-0.15, -0.1) is 0 Å². The summed E-state index contributed by atoms with van der Waals surface area (Å²) < 4.78 is 0. The first-order chi connectivity index (χ1) is 9.06. The van der Waals surface area contributed by atoms with Crippen LogP contribution in [-0.4, -0.2) is 21.1 Å². The summed E-state index contributed by atoms with van der Waals surface area (Å²) in [4.78, 5) is 14.9. The van der Waals surface area contributed by atoms with E-state index in [2.05, 4.69) is 4.98 Å². The van der Waals surface area contributed by atoms with E-state index in [0.29, 0.717) is 10.9 Å². The number of non-ortho nitro benzene ring substituents is 1. The van der Waals surface area contributed by atoms with E-state index >= 15 is 0 Å². The molecule has 5 nitrogen and oxygen atoms in total. The topological polar surface area (TPSA) is 76.3 Å². The largest absolute Gasteiger partial charge is 0.393 e. The maximum absolute atomic E-state index is 11.0. The summed E-state index contributed by atoms with van der Waals surface area (Å²) in [6.07, 6.45) is 1.85. The summed E-state index contributed by atoms with van der Waals surface area (Å²) in [5.41, 5.74) is 1.51. The number of hydrogen-bond acceptors (Lipinski definition) is 4. The molecule has 0 aliphatic carbocycles. The molecule has 0 amide bonds. The molecule has 2 unspecified atom stereocenters. The van der Waals surface area contributed by atoms with Gasteiger partial charge in [0.2, 0.25) is 0 Å². The second-order valence-electron chi connectivity index (χ2n) is 4.59. The van der Waals surface area contributed by atoms with Crippen LogP contribution in [0.25, 0.3) is 10.9 Å². The van der Waals surface area contributed by atoms with Gasteiger partial charge in [-0.1, -0.05) is 6.92 Å². The van der Waals surface area contributed by atoms with E-state index in [0.717, 1.165) is 12.0 Å². The molecule has 1 N–H and O–H groups in total. The van der Waals surface area contributed by atoms with Gasteiger partial charge in [-0.2, -0.15) is 0 Å². The molecule has 100 valence electrons. The number of nitro benzene ring substituents is 1. The number of nitro groups is 1. The van der Waals surface area contributed by atoms with Crippen molar-refractivity contribution in [1.29, 1.82) is 0 Å². The Morgan fingerprint density at radius 2 is 2.16 bits per heavy atom. The highest BCUT2D eigenvalue weighted by atomic mass is 16.6. The minimum absolute atomic E-state index is 0.0484. The van der Waals surface area contributed by atoms with E-state index in [9.17, 15) is 15.2 Å². The molecule has 1 aromatic heterocycles. The molecular weight excluding hydrogens is 244 g/mol. The van der Waals surface area contributed by atoms with E-state index in [1.54, 1.807) is 31.3 Å². The van der Waals surface area contributed by atoms with Crippen molar-refractivity contribution < 1.29 is 10.0 Å². The highest BCUT2D eigenvalue weighted by molar-refractivity contribution is 5.90. The van der Waals surface area contributed by atoms with Gasteiger partial charge in [0, 0.05) is 18.2 Å². The second kappa shape index (κ2) is 5.32. The number of hydrogen-bond donors (Lipinski definition) is 1. The van der Waals surface area contributed by atoms with Crippen LogP contribution in [0.2, 0.25) is 0 Å².